The molecule has 0 heteroatoms. The molecule has 0 aliphatic heterocycles. The molecule has 0 aromatic heterocycles. The molecule has 1 spiro atoms. The Labute approximate surface area is 312 Å². The van der Waals surface area contributed by atoms with Gasteiger partial charge in [-0.25, -0.2) is 0 Å². The average molecular weight is 679 g/mol. The van der Waals surface area contributed by atoms with Crippen LogP contribution in [0.2, 0.25) is 0 Å². The lowest BCUT2D eigenvalue weighted by molar-refractivity contribution is 0.353. The third-order valence-corrected chi connectivity index (χ3v) is 13.3. The Kier molecular flexibility index (Phi) is 6.63. The maximum atomic E-state index is 2.60. The summed E-state index contributed by atoms with van der Waals surface area (Å²) in [5.74, 6) is 0. The van der Waals surface area contributed by atoms with Crippen molar-refractivity contribution in [2.24, 2.45) is 0 Å². The Morgan fingerprint density at radius 3 is 1.75 bits per heavy atom. The van der Waals surface area contributed by atoms with Gasteiger partial charge in [-0.05, 0) is 124 Å². The molecule has 11 rings (SSSR count). The van der Waals surface area contributed by atoms with Gasteiger partial charge in [0, 0.05) is 10.8 Å². The van der Waals surface area contributed by atoms with Crippen molar-refractivity contribution in [3.63, 3.8) is 0 Å². The van der Waals surface area contributed by atoms with E-state index in [4.69, 9.17) is 0 Å². The Morgan fingerprint density at radius 1 is 0.340 bits per heavy atom. The van der Waals surface area contributed by atoms with E-state index in [-0.39, 0.29) is 10.8 Å². The molecule has 53 heavy (non-hydrogen) atoms. The van der Waals surface area contributed by atoms with Gasteiger partial charge in [0.15, 0.2) is 0 Å². The lowest BCUT2D eigenvalue weighted by Gasteiger charge is -2.36. The molecule has 3 aliphatic rings. The predicted molar refractivity (Wildman–Crippen MR) is 225 cm³/mol. The number of rotatable bonds is 3. The zero-order valence-corrected chi connectivity index (χ0v) is 30.5. The van der Waals surface area contributed by atoms with Crippen LogP contribution in [0.15, 0.2) is 158 Å². The first-order chi connectivity index (χ1) is 26.0. The molecule has 0 atom stereocenters. The number of hydrogen-bond donors (Lipinski definition) is 0. The van der Waals surface area contributed by atoms with Crippen molar-refractivity contribution in [3.05, 3.63) is 180 Å². The number of benzene rings is 8. The molecule has 0 amide bonds. The first kappa shape index (κ1) is 30.9. The highest BCUT2D eigenvalue weighted by Gasteiger charge is 2.44. The number of hydrogen-bond acceptors (Lipinski definition) is 0. The topological polar surface area (TPSA) is 0 Å². The van der Waals surface area contributed by atoms with Gasteiger partial charge in [-0.15, -0.1) is 0 Å². The van der Waals surface area contributed by atoms with Crippen LogP contribution in [0, 0.1) is 0 Å². The van der Waals surface area contributed by atoms with Crippen LogP contribution >= 0.6 is 0 Å². The second kappa shape index (κ2) is 11.4. The zero-order chi connectivity index (χ0) is 35.3. The molecule has 1 saturated carbocycles. The van der Waals surface area contributed by atoms with Crippen molar-refractivity contribution in [1.29, 1.82) is 0 Å². The molecule has 0 bridgehead atoms. The Bertz CT molecular complexity index is 2770. The smallest absolute Gasteiger partial charge is 0.0215 e. The quantitative estimate of drug-likeness (QED) is 0.163. The molecule has 8 aromatic carbocycles. The van der Waals surface area contributed by atoms with Crippen LogP contribution in [0.25, 0.3) is 77.2 Å². The summed E-state index contributed by atoms with van der Waals surface area (Å²) in [4.78, 5) is 0. The van der Waals surface area contributed by atoms with E-state index < -0.39 is 0 Å². The lowest BCUT2D eigenvalue weighted by atomic mass is 9.67. The highest BCUT2D eigenvalue weighted by Crippen LogP contribution is 2.58. The van der Waals surface area contributed by atoms with E-state index in [0.29, 0.717) is 0 Å². The summed E-state index contributed by atoms with van der Waals surface area (Å²) in [6, 6.07) is 60.2. The first-order valence-electron chi connectivity index (χ1n) is 19.6. The summed E-state index contributed by atoms with van der Waals surface area (Å²) in [6.07, 6.45) is 6.39. The normalized spacial score (nSPS) is 16.0. The Morgan fingerprint density at radius 2 is 0.943 bits per heavy atom. The van der Waals surface area contributed by atoms with E-state index in [0.717, 1.165) is 0 Å². The summed E-state index contributed by atoms with van der Waals surface area (Å²) >= 11 is 0. The van der Waals surface area contributed by atoms with Crippen molar-refractivity contribution in [2.45, 2.75) is 56.8 Å². The fraction of sp³-hybridized carbons (Fsp3) is 0.170. The van der Waals surface area contributed by atoms with Crippen LogP contribution in [0.1, 0.15) is 68.2 Å². The SMILES string of the molecule is CC1(C)c2ccccc2-c2c(-c3c4ccccc4c(-c4ccc5c(c4)C4(CCCCC4)c4ccccc4-5)c4ccc(-c5ccccc5)cc34)cccc21. The van der Waals surface area contributed by atoms with Gasteiger partial charge in [-0.1, -0.05) is 179 Å². The molecule has 0 N–H and O–H groups in total. The molecule has 0 unspecified atom stereocenters. The molecule has 254 valence electrons. The summed E-state index contributed by atoms with van der Waals surface area (Å²) in [5, 5.41) is 5.26. The van der Waals surface area contributed by atoms with Crippen molar-refractivity contribution in [1.82, 2.24) is 0 Å². The van der Waals surface area contributed by atoms with Crippen LogP contribution in [-0.4, -0.2) is 0 Å². The van der Waals surface area contributed by atoms with Crippen molar-refractivity contribution in [2.75, 3.05) is 0 Å². The van der Waals surface area contributed by atoms with E-state index in [1.807, 2.05) is 0 Å². The Balaban J connectivity index is 1.24. The minimum Gasteiger partial charge on any atom is -0.0622 e. The van der Waals surface area contributed by atoms with Gasteiger partial charge in [-0.3, -0.25) is 0 Å². The summed E-state index contributed by atoms with van der Waals surface area (Å²) in [6.45, 7) is 4.78. The van der Waals surface area contributed by atoms with Crippen molar-refractivity contribution in [3.8, 4) is 55.6 Å². The molecule has 1 fully saturated rings. The molecule has 0 saturated heterocycles. The molecule has 3 aliphatic carbocycles. The van der Waals surface area contributed by atoms with Crippen LogP contribution in [0.5, 0.6) is 0 Å². The Hall–Kier alpha value is -5.72. The van der Waals surface area contributed by atoms with Gasteiger partial charge in [0.05, 0.1) is 0 Å². The van der Waals surface area contributed by atoms with E-state index in [1.54, 1.807) is 5.56 Å². The third kappa shape index (κ3) is 4.30. The van der Waals surface area contributed by atoms with Crippen LogP contribution in [0.3, 0.4) is 0 Å². The monoisotopic (exact) mass is 678 g/mol. The minimum absolute atomic E-state index is 0.0697. The zero-order valence-electron chi connectivity index (χ0n) is 30.5. The second-order valence-corrected chi connectivity index (χ2v) is 16.3. The van der Waals surface area contributed by atoms with Gasteiger partial charge < -0.3 is 0 Å². The van der Waals surface area contributed by atoms with Gasteiger partial charge in [-0.2, -0.15) is 0 Å². The van der Waals surface area contributed by atoms with Crippen molar-refractivity contribution >= 4 is 21.5 Å². The number of fused-ring (bicyclic) bond motifs is 10. The molecule has 0 nitrogen and oxygen atoms in total. The molecule has 8 aromatic rings. The van der Waals surface area contributed by atoms with Crippen molar-refractivity contribution < 1.29 is 0 Å². The first-order valence-corrected chi connectivity index (χ1v) is 19.6. The summed E-state index contributed by atoms with van der Waals surface area (Å²) in [5.41, 5.74) is 19.4. The molecule has 0 heterocycles. The molecule has 0 radical (unpaired) electrons. The van der Waals surface area contributed by atoms with Gasteiger partial charge >= 0.3 is 0 Å². The van der Waals surface area contributed by atoms with Crippen LogP contribution in [0.4, 0.5) is 0 Å². The maximum absolute atomic E-state index is 2.60. The van der Waals surface area contributed by atoms with Gasteiger partial charge in [0.1, 0.15) is 0 Å². The average Bonchev–Trinajstić information content (AvgIpc) is 3.61. The summed E-state index contributed by atoms with van der Waals surface area (Å²) in [7, 11) is 0. The van der Waals surface area contributed by atoms with E-state index in [9.17, 15) is 0 Å². The van der Waals surface area contributed by atoms with Crippen LogP contribution in [-0.2, 0) is 10.8 Å². The van der Waals surface area contributed by atoms with E-state index in [2.05, 4.69) is 172 Å². The maximum Gasteiger partial charge on any atom is 0.0215 e. The molecular weight excluding hydrogens is 637 g/mol. The third-order valence-electron chi connectivity index (χ3n) is 13.3. The van der Waals surface area contributed by atoms with Gasteiger partial charge in [0.2, 0.25) is 0 Å². The minimum atomic E-state index is -0.0697. The predicted octanol–water partition coefficient (Wildman–Crippen LogP) is 14.5. The summed E-state index contributed by atoms with van der Waals surface area (Å²) < 4.78 is 0. The van der Waals surface area contributed by atoms with E-state index in [1.165, 1.54) is 126 Å². The highest BCUT2D eigenvalue weighted by atomic mass is 14.5. The van der Waals surface area contributed by atoms with E-state index >= 15 is 0 Å². The fourth-order valence-corrected chi connectivity index (χ4v) is 10.9. The second-order valence-electron chi connectivity index (χ2n) is 16.3. The lowest BCUT2D eigenvalue weighted by Crippen LogP contribution is -2.28. The van der Waals surface area contributed by atoms with Crippen LogP contribution < -0.4 is 0 Å². The largest absolute Gasteiger partial charge is 0.0622 e. The van der Waals surface area contributed by atoms with Gasteiger partial charge in [0.25, 0.3) is 0 Å². The standard InChI is InChI=1S/C53H42/c1-52(2)45-23-11-10-21-42(45)51-43(22-15-25-47(51)52)50-40-20-8-7-19-39(40)49(41-29-26-35(32-44(41)50)34-16-5-3-6-17-34)36-27-28-38-37-18-9-12-24-46(37)53(48(38)33-36)30-13-4-14-31-53/h3,5-12,15-29,32-33H,4,13-14,30-31H2,1-2H3. The highest BCUT2D eigenvalue weighted by molar-refractivity contribution is 6.23. The molecular formula is C53H42. The fourth-order valence-electron chi connectivity index (χ4n) is 10.9.